The normalized spacial score (nSPS) is 12.6. The van der Waals surface area contributed by atoms with Crippen LogP contribution in [0.3, 0.4) is 0 Å². The molecule has 5 heteroatoms. The first-order valence-corrected chi connectivity index (χ1v) is 3.46. The number of rotatable bonds is 3. The van der Waals surface area contributed by atoms with Crippen LogP contribution < -0.4 is 11.2 Å². The molecular weight excluding hydrogens is 158 g/mol. The average Bonchev–Trinajstić information content (AvgIpc) is 2.16. The summed E-state index contributed by atoms with van der Waals surface area (Å²) in [6, 6.07) is 3.37. The van der Waals surface area contributed by atoms with Gasteiger partial charge >= 0.3 is 0 Å². The summed E-state index contributed by atoms with van der Waals surface area (Å²) in [5, 5.41) is 12.0. The van der Waals surface area contributed by atoms with Gasteiger partial charge in [0, 0.05) is 13.2 Å². The molecule has 12 heavy (non-hydrogen) atoms. The maximum atomic E-state index is 9.21. The van der Waals surface area contributed by atoms with Crippen LogP contribution in [0.25, 0.3) is 0 Å². The molecule has 0 aliphatic heterocycles. The van der Waals surface area contributed by atoms with Crippen LogP contribution in [0.15, 0.2) is 18.3 Å². The van der Waals surface area contributed by atoms with Crippen LogP contribution in [-0.4, -0.2) is 17.1 Å². The molecule has 5 nitrogen and oxygen atoms in total. The predicted octanol–water partition coefficient (Wildman–Crippen LogP) is 0.00450. The maximum absolute atomic E-state index is 9.21. The lowest BCUT2D eigenvalue weighted by Gasteiger charge is -2.11. The van der Waals surface area contributed by atoms with E-state index in [9.17, 15) is 5.11 Å². The van der Waals surface area contributed by atoms with Gasteiger partial charge in [-0.25, -0.2) is 10.9 Å². The minimum absolute atomic E-state index is 0.516. The third-order valence-electron chi connectivity index (χ3n) is 1.47. The Morgan fingerprint density at radius 3 is 3.08 bits per heavy atom. The van der Waals surface area contributed by atoms with Crippen molar-refractivity contribution < 1.29 is 9.94 Å². The van der Waals surface area contributed by atoms with E-state index >= 15 is 0 Å². The van der Waals surface area contributed by atoms with E-state index < -0.39 is 6.29 Å². The first-order valence-electron chi connectivity index (χ1n) is 3.46. The fraction of sp³-hybridized carbons (Fsp3) is 0.286. The highest BCUT2D eigenvalue weighted by atomic mass is 16.7. The van der Waals surface area contributed by atoms with Gasteiger partial charge in [-0.1, -0.05) is 0 Å². The lowest BCUT2D eigenvalue weighted by Crippen LogP contribution is -2.11. The number of pyridine rings is 1. The zero-order chi connectivity index (χ0) is 8.97. The summed E-state index contributed by atoms with van der Waals surface area (Å²) >= 11 is 0. The van der Waals surface area contributed by atoms with Crippen molar-refractivity contribution in [2.24, 2.45) is 5.90 Å². The Morgan fingerprint density at radius 1 is 1.75 bits per heavy atom. The van der Waals surface area contributed by atoms with Gasteiger partial charge in [0.15, 0.2) is 0 Å². The number of aliphatic hydroxyl groups is 1. The predicted molar refractivity (Wildman–Crippen MR) is 44.0 cm³/mol. The average molecular weight is 169 g/mol. The zero-order valence-corrected chi connectivity index (χ0v) is 6.69. The topological polar surface area (TPSA) is 80.4 Å². The van der Waals surface area contributed by atoms with E-state index in [2.05, 4.69) is 15.1 Å². The lowest BCUT2D eigenvalue weighted by atomic mass is 10.2. The smallest absolute Gasteiger partial charge is 0.204 e. The SMILES string of the molecule is CNc1ncccc1C(O)ON. The second kappa shape index (κ2) is 4.01. The molecule has 0 amide bonds. The van der Waals surface area contributed by atoms with Gasteiger partial charge in [0.1, 0.15) is 5.82 Å². The molecule has 0 aliphatic carbocycles. The Morgan fingerprint density at radius 2 is 2.50 bits per heavy atom. The van der Waals surface area contributed by atoms with Crippen molar-refractivity contribution in [1.29, 1.82) is 0 Å². The highest BCUT2D eigenvalue weighted by Gasteiger charge is 2.10. The van der Waals surface area contributed by atoms with Crippen LogP contribution in [0.5, 0.6) is 0 Å². The van der Waals surface area contributed by atoms with Crippen molar-refractivity contribution in [1.82, 2.24) is 4.98 Å². The van der Waals surface area contributed by atoms with Crippen molar-refractivity contribution in [3.63, 3.8) is 0 Å². The Labute approximate surface area is 70.1 Å². The van der Waals surface area contributed by atoms with E-state index in [0.29, 0.717) is 11.4 Å². The van der Waals surface area contributed by atoms with E-state index in [-0.39, 0.29) is 0 Å². The number of aliphatic hydroxyl groups excluding tert-OH is 1. The summed E-state index contributed by atoms with van der Waals surface area (Å²) in [5.41, 5.74) is 0.516. The molecule has 1 aromatic rings. The second-order valence-electron chi connectivity index (χ2n) is 2.18. The molecule has 0 aliphatic rings. The maximum Gasteiger partial charge on any atom is 0.204 e. The van der Waals surface area contributed by atoms with Crippen LogP contribution in [-0.2, 0) is 4.84 Å². The summed E-state index contributed by atoms with van der Waals surface area (Å²) in [4.78, 5) is 8.21. The van der Waals surface area contributed by atoms with Crippen LogP contribution in [0, 0.1) is 0 Å². The Bertz CT molecular complexity index is 254. The zero-order valence-electron chi connectivity index (χ0n) is 6.69. The highest BCUT2D eigenvalue weighted by molar-refractivity contribution is 5.43. The molecule has 0 aromatic carbocycles. The molecule has 0 saturated carbocycles. The molecule has 4 N–H and O–H groups in total. The van der Waals surface area contributed by atoms with E-state index in [1.807, 2.05) is 0 Å². The molecule has 0 saturated heterocycles. The van der Waals surface area contributed by atoms with Crippen LogP contribution in [0.2, 0.25) is 0 Å². The molecule has 1 heterocycles. The summed E-state index contributed by atoms with van der Waals surface area (Å²) in [7, 11) is 1.70. The van der Waals surface area contributed by atoms with Gasteiger partial charge in [-0.05, 0) is 12.1 Å². The van der Waals surface area contributed by atoms with Gasteiger partial charge in [0.05, 0.1) is 5.56 Å². The van der Waals surface area contributed by atoms with Crippen molar-refractivity contribution >= 4 is 5.82 Å². The van der Waals surface area contributed by atoms with Crippen molar-refractivity contribution in [3.8, 4) is 0 Å². The van der Waals surface area contributed by atoms with E-state index in [1.165, 1.54) is 0 Å². The lowest BCUT2D eigenvalue weighted by molar-refractivity contribution is -0.105. The van der Waals surface area contributed by atoms with Crippen LogP contribution in [0.1, 0.15) is 11.9 Å². The fourth-order valence-electron chi connectivity index (χ4n) is 0.899. The Balaban J connectivity index is 2.96. The number of hydrogen-bond donors (Lipinski definition) is 3. The monoisotopic (exact) mass is 169 g/mol. The van der Waals surface area contributed by atoms with Crippen LogP contribution >= 0.6 is 0 Å². The van der Waals surface area contributed by atoms with Crippen LogP contribution in [0.4, 0.5) is 5.82 Å². The molecule has 0 spiro atoms. The first kappa shape index (κ1) is 8.92. The van der Waals surface area contributed by atoms with Gasteiger partial charge in [-0.2, -0.15) is 0 Å². The summed E-state index contributed by atoms with van der Waals surface area (Å²) in [6.07, 6.45) is 0.472. The van der Waals surface area contributed by atoms with Gasteiger partial charge in [0.25, 0.3) is 0 Å². The van der Waals surface area contributed by atoms with Gasteiger partial charge in [-0.15, -0.1) is 0 Å². The quantitative estimate of drug-likeness (QED) is 0.438. The number of anilines is 1. The molecule has 0 radical (unpaired) electrons. The molecule has 66 valence electrons. The number of nitrogens with two attached hydrogens (primary N) is 1. The molecule has 1 atom stereocenters. The minimum Gasteiger partial charge on any atom is -0.373 e. The largest absolute Gasteiger partial charge is 0.373 e. The molecular formula is C7H11N3O2. The number of nitrogens with zero attached hydrogens (tertiary/aromatic N) is 1. The molecule has 0 bridgehead atoms. The molecule has 0 fully saturated rings. The Kier molecular flexibility index (Phi) is 2.98. The van der Waals surface area contributed by atoms with E-state index in [1.54, 1.807) is 25.4 Å². The number of aromatic nitrogens is 1. The third kappa shape index (κ3) is 1.70. The minimum atomic E-state index is -1.14. The fourth-order valence-corrected chi connectivity index (χ4v) is 0.899. The molecule has 1 unspecified atom stereocenters. The van der Waals surface area contributed by atoms with E-state index in [4.69, 9.17) is 5.90 Å². The Hall–Kier alpha value is -1.17. The summed E-state index contributed by atoms with van der Waals surface area (Å²) < 4.78 is 0. The first-order chi connectivity index (χ1) is 5.79. The summed E-state index contributed by atoms with van der Waals surface area (Å²) in [5.74, 6) is 5.37. The standard InChI is InChI=1S/C7H11N3O2/c1-9-6-5(7(11)12-8)3-2-4-10-6/h2-4,7,11H,8H2,1H3,(H,9,10). The summed E-state index contributed by atoms with van der Waals surface area (Å²) in [6.45, 7) is 0. The van der Waals surface area contributed by atoms with Gasteiger partial charge < -0.3 is 10.4 Å². The van der Waals surface area contributed by atoms with E-state index in [0.717, 1.165) is 0 Å². The van der Waals surface area contributed by atoms with Crippen molar-refractivity contribution in [3.05, 3.63) is 23.9 Å². The number of nitrogens with one attached hydrogen (secondary N) is 1. The highest BCUT2D eigenvalue weighted by Crippen LogP contribution is 2.18. The number of hydrogen-bond acceptors (Lipinski definition) is 5. The third-order valence-corrected chi connectivity index (χ3v) is 1.47. The van der Waals surface area contributed by atoms with Gasteiger partial charge in [-0.3, -0.25) is 4.84 Å². The van der Waals surface area contributed by atoms with Gasteiger partial charge in [0.2, 0.25) is 6.29 Å². The molecule has 1 rings (SSSR count). The van der Waals surface area contributed by atoms with Crippen molar-refractivity contribution in [2.75, 3.05) is 12.4 Å². The second-order valence-corrected chi connectivity index (χ2v) is 2.18. The van der Waals surface area contributed by atoms with Crippen molar-refractivity contribution in [2.45, 2.75) is 6.29 Å². The molecule has 1 aromatic heterocycles.